The Labute approximate surface area is 210 Å². The topological polar surface area (TPSA) is 17.0 Å². The van der Waals surface area contributed by atoms with Crippen LogP contribution in [-0.4, -0.2) is 4.57 Å². The normalized spacial score (nSPS) is 11.3. The molecule has 1 N–H and O–H groups in total. The highest BCUT2D eigenvalue weighted by Crippen LogP contribution is 2.38. The Morgan fingerprint density at radius 3 is 1.92 bits per heavy atom. The van der Waals surface area contributed by atoms with Crippen molar-refractivity contribution >= 4 is 44.0 Å². The molecule has 0 aliphatic heterocycles. The SMILES string of the molecule is c1ccc(-c2ccc(Nc3ccc4c5c6ccccc6ccc5n(-c5ccccc5)c4c3)cc2)cc1. The second-order valence-electron chi connectivity index (χ2n) is 9.15. The second kappa shape index (κ2) is 8.44. The maximum atomic E-state index is 3.62. The molecule has 0 spiro atoms. The number of nitrogens with one attached hydrogen (secondary N) is 1. The van der Waals surface area contributed by atoms with Crippen LogP contribution in [0.1, 0.15) is 0 Å². The zero-order valence-electron chi connectivity index (χ0n) is 19.7. The van der Waals surface area contributed by atoms with Gasteiger partial charge < -0.3 is 9.88 Å². The highest BCUT2D eigenvalue weighted by Gasteiger charge is 2.15. The van der Waals surface area contributed by atoms with Crippen molar-refractivity contribution in [3.8, 4) is 16.8 Å². The van der Waals surface area contributed by atoms with Gasteiger partial charge in [0, 0.05) is 27.8 Å². The molecule has 0 atom stereocenters. The quantitative estimate of drug-likeness (QED) is 0.277. The first kappa shape index (κ1) is 20.5. The summed E-state index contributed by atoms with van der Waals surface area (Å²) in [5.74, 6) is 0. The minimum Gasteiger partial charge on any atom is -0.355 e. The van der Waals surface area contributed by atoms with Gasteiger partial charge in [0.15, 0.2) is 0 Å². The number of aromatic nitrogens is 1. The molecule has 0 fully saturated rings. The lowest BCUT2D eigenvalue weighted by molar-refractivity contribution is 1.18. The molecule has 0 radical (unpaired) electrons. The predicted octanol–water partition coefficient (Wildman–Crippen LogP) is 9.35. The van der Waals surface area contributed by atoms with Gasteiger partial charge in [0.25, 0.3) is 0 Å². The molecule has 0 bridgehead atoms. The van der Waals surface area contributed by atoms with Crippen molar-refractivity contribution in [1.82, 2.24) is 4.57 Å². The van der Waals surface area contributed by atoms with E-state index in [2.05, 4.69) is 143 Å². The summed E-state index contributed by atoms with van der Waals surface area (Å²) in [6, 6.07) is 49.6. The minimum absolute atomic E-state index is 1.07. The van der Waals surface area contributed by atoms with Crippen LogP contribution in [0.2, 0.25) is 0 Å². The van der Waals surface area contributed by atoms with E-state index in [0.29, 0.717) is 0 Å². The van der Waals surface area contributed by atoms with Crippen LogP contribution in [0.25, 0.3) is 49.4 Å². The summed E-state index contributed by atoms with van der Waals surface area (Å²) in [6.45, 7) is 0. The number of benzene rings is 6. The fourth-order valence-electron chi connectivity index (χ4n) is 5.26. The third kappa shape index (κ3) is 3.43. The van der Waals surface area contributed by atoms with Crippen LogP contribution in [0, 0.1) is 0 Å². The van der Waals surface area contributed by atoms with Crippen LogP contribution < -0.4 is 5.32 Å². The zero-order valence-corrected chi connectivity index (χ0v) is 19.7. The third-order valence-corrected chi connectivity index (χ3v) is 6.95. The summed E-state index contributed by atoms with van der Waals surface area (Å²) in [6.07, 6.45) is 0. The molecule has 2 heteroatoms. The number of nitrogens with zero attached hydrogens (tertiary/aromatic N) is 1. The molecule has 6 aromatic carbocycles. The Balaban J connectivity index is 1.37. The molecule has 7 rings (SSSR count). The zero-order chi connectivity index (χ0) is 23.9. The summed E-state index contributed by atoms with van der Waals surface area (Å²) >= 11 is 0. The molecule has 0 unspecified atom stereocenters. The molecule has 0 saturated heterocycles. The number of hydrogen-bond donors (Lipinski definition) is 1. The first-order valence-electron chi connectivity index (χ1n) is 12.3. The van der Waals surface area contributed by atoms with Crippen LogP contribution in [0.5, 0.6) is 0 Å². The van der Waals surface area contributed by atoms with Gasteiger partial charge in [-0.2, -0.15) is 0 Å². The van der Waals surface area contributed by atoms with Gasteiger partial charge in [-0.05, 0) is 64.4 Å². The highest BCUT2D eigenvalue weighted by molar-refractivity contribution is 6.21. The van der Waals surface area contributed by atoms with E-state index in [0.717, 1.165) is 17.1 Å². The maximum absolute atomic E-state index is 3.62. The molecule has 0 aliphatic carbocycles. The fourth-order valence-corrected chi connectivity index (χ4v) is 5.26. The maximum Gasteiger partial charge on any atom is 0.0561 e. The lowest BCUT2D eigenvalue weighted by Gasteiger charge is -2.11. The van der Waals surface area contributed by atoms with Crippen molar-refractivity contribution in [3.63, 3.8) is 0 Å². The van der Waals surface area contributed by atoms with Crippen LogP contribution in [0.4, 0.5) is 11.4 Å². The summed E-state index contributed by atoms with van der Waals surface area (Å²) < 4.78 is 2.38. The van der Waals surface area contributed by atoms with Gasteiger partial charge in [0.1, 0.15) is 0 Å². The number of hydrogen-bond acceptors (Lipinski definition) is 1. The molecule has 0 amide bonds. The third-order valence-electron chi connectivity index (χ3n) is 6.95. The molecule has 2 nitrogen and oxygen atoms in total. The van der Waals surface area contributed by atoms with Crippen molar-refractivity contribution in [1.29, 1.82) is 0 Å². The van der Waals surface area contributed by atoms with E-state index < -0.39 is 0 Å². The molecular weight excluding hydrogens is 436 g/mol. The first-order chi connectivity index (χ1) is 17.8. The van der Waals surface area contributed by atoms with Gasteiger partial charge in [0.2, 0.25) is 0 Å². The van der Waals surface area contributed by atoms with E-state index in [4.69, 9.17) is 0 Å². The van der Waals surface area contributed by atoms with E-state index in [1.165, 1.54) is 43.7 Å². The Hall–Kier alpha value is -4.82. The van der Waals surface area contributed by atoms with Crippen molar-refractivity contribution in [2.45, 2.75) is 0 Å². The Bertz CT molecular complexity index is 1830. The van der Waals surface area contributed by atoms with Crippen molar-refractivity contribution in [2.75, 3.05) is 5.32 Å². The minimum atomic E-state index is 1.07. The van der Waals surface area contributed by atoms with Crippen LogP contribution in [0.15, 0.2) is 140 Å². The summed E-state index contributed by atoms with van der Waals surface area (Å²) in [5.41, 5.74) is 8.16. The van der Waals surface area contributed by atoms with Gasteiger partial charge in [-0.25, -0.2) is 0 Å². The molecule has 7 aromatic rings. The van der Waals surface area contributed by atoms with E-state index >= 15 is 0 Å². The van der Waals surface area contributed by atoms with Gasteiger partial charge >= 0.3 is 0 Å². The molecule has 170 valence electrons. The fraction of sp³-hybridized carbons (Fsp3) is 0. The largest absolute Gasteiger partial charge is 0.355 e. The van der Waals surface area contributed by atoms with Crippen molar-refractivity contribution in [3.05, 3.63) is 140 Å². The number of rotatable bonds is 4. The Kier molecular flexibility index (Phi) is 4.82. The van der Waals surface area contributed by atoms with Crippen molar-refractivity contribution in [2.24, 2.45) is 0 Å². The smallest absolute Gasteiger partial charge is 0.0561 e. The van der Waals surface area contributed by atoms with E-state index in [9.17, 15) is 0 Å². The Morgan fingerprint density at radius 1 is 0.444 bits per heavy atom. The van der Waals surface area contributed by atoms with Gasteiger partial charge in [-0.3, -0.25) is 0 Å². The monoisotopic (exact) mass is 460 g/mol. The van der Waals surface area contributed by atoms with E-state index in [1.54, 1.807) is 0 Å². The molecule has 0 saturated carbocycles. The molecular formula is C34H24N2. The second-order valence-corrected chi connectivity index (χ2v) is 9.15. The predicted molar refractivity (Wildman–Crippen MR) is 153 cm³/mol. The average Bonchev–Trinajstić information content (AvgIpc) is 3.28. The number of anilines is 2. The van der Waals surface area contributed by atoms with Gasteiger partial charge in [0.05, 0.1) is 11.0 Å². The summed E-state index contributed by atoms with van der Waals surface area (Å²) in [5, 5.41) is 8.72. The number of fused-ring (bicyclic) bond motifs is 5. The molecule has 0 aliphatic rings. The lowest BCUT2D eigenvalue weighted by Crippen LogP contribution is -1.95. The standard InChI is InChI=1S/C34H24N2/c1-3-9-24(10-4-1)25-15-18-27(19-16-25)35-28-20-21-31-33(23-28)36(29-12-5-2-6-13-29)32-22-17-26-11-7-8-14-30(26)34(31)32/h1-23,35H. The molecule has 36 heavy (non-hydrogen) atoms. The molecule has 1 aromatic heterocycles. The first-order valence-corrected chi connectivity index (χ1v) is 12.3. The summed E-state index contributed by atoms with van der Waals surface area (Å²) in [4.78, 5) is 0. The number of para-hydroxylation sites is 1. The Morgan fingerprint density at radius 2 is 1.11 bits per heavy atom. The van der Waals surface area contributed by atoms with E-state index in [1.807, 2.05) is 6.07 Å². The summed E-state index contributed by atoms with van der Waals surface area (Å²) in [7, 11) is 0. The van der Waals surface area contributed by atoms with Crippen LogP contribution >= 0.6 is 0 Å². The lowest BCUT2D eigenvalue weighted by atomic mass is 10.0. The van der Waals surface area contributed by atoms with Crippen LogP contribution in [-0.2, 0) is 0 Å². The molecule has 1 heterocycles. The van der Waals surface area contributed by atoms with Gasteiger partial charge in [-0.1, -0.05) is 97.1 Å². The van der Waals surface area contributed by atoms with E-state index in [-0.39, 0.29) is 0 Å². The van der Waals surface area contributed by atoms with Crippen LogP contribution in [0.3, 0.4) is 0 Å². The van der Waals surface area contributed by atoms with Crippen molar-refractivity contribution < 1.29 is 0 Å². The highest BCUT2D eigenvalue weighted by atomic mass is 15.0. The van der Waals surface area contributed by atoms with Gasteiger partial charge in [-0.15, -0.1) is 0 Å². The average molecular weight is 461 g/mol.